The van der Waals surface area contributed by atoms with E-state index in [4.69, 9.17) is 14.2 Å². The van der Waals surface area contributed by atoms with Gasteiger partial charge in [-0.15, -0.1) is 0 Å². The Morgan fingerprint density at radius 2 is 1.61 bits per heavy atom. The van der Waals surface area contributed by atoms with Crippen molar-refractivity contribution in [3.8, 4) is 17.2 Å². The molecular weight excluding hydrogens is 506 g/mol. The van der Waals surface area contributed by atoms with Gasteiger partial charge >= 0.3 is 0 Å². The number of sulfonamides is 1. The van der Waals surface area contributed by atoms with Gasteiger partial charge in [0.15, 0.2) is 11.5 Å². The van der Waals surface area contributed by atoms with Crippen LogP contribution in [0.4, 0.5) is 0 Å². The number of amides is 1. The highest BCUT2D eigenvalue weighted by Gasteiger charge is 2.30. The normalized spacial score (nSPS) is 15.6. The molecule has 2 heterocycles. The summed E-state index contributed by atoms with van der Waals surface area (Å²) in [5.74, 6) is 1.87. The van der Waals surface area contributed by atoms with Gasteiger partial charge in [-0.3, -0.25) is 9.69 Å². The zero-order valence-electron chi connectivity index (χ0n) is 21.3. The molecule has 0 aliphatic carbocycles. The fourth-order valence-electron chi connectivity index (χ4n) is 4.61. The molecule has 200 valence electrons. The molecule has 0 saturated carbocycles. The van der Waals surface area contributed by atoms with Crippen LogP contribution in [0.15, 0.2) is 77.7 Å². The van der Waals surface area contributed by atoms with Gasteiger partial charge in [0.25, 0.3) is 0 Å². The second kappa shape index (κ2) is 11.4. The zero-order chi connectivity index (χ0) is 26.5. The third-order valence-corrected chi connectivity index (χ3v) is 8.58. The van der Waals surface area contributed by atoms with E-state index < -0.39 is 10.0 Å². The molecule has 0 radical (unpaired) electrons. The Bertz CT molecular complexity index is 1360. The van der Waals surface area contributed by atoms with Crippen molar-refractivity contribution in [3.05, 3.63) is 83.9 Å². The summed E-state index contributed by atoms with van der Waals surface area (Å²) in [5, 5.41) is 0. The predicted molar refractivity (Wildman–Crippen MR) is 141 cm³/mol. The Kier molecular flexibility index (Phi) is 7.82. The minimum Gasteiger partial charge on any atom is -0.497 e. The fourth-order valence-corrected chi connectivity index (χ4v) is 5.99. The zero-order valence-corrected chi connectivity index (χ0v) is 22.1. The van der Waals surface area contributed by atoms with Crippen molar-refractivity contribution in [2.24, 2.45) is 0 Å². The van der Waals surface area contributed by atoms with E-state index in [0.717, 1.165) is 29.2 Å². The molecule has 3 aromatic carbocycles. The average molecular weight is 538 g/mol. The molecule has 2 aliphatic heterocycles. The first-order valence-electron chi connectivity index (χ1n) is 12.5. The maximum atomic E-state index is 13.6. The molecule has 0 spiro atoms. The van der Waals surface area contributed by atoms with Gasteiger partial charge in [0.05, 0.1) is 18.6 Å². The van der Waals surface area contributed by atoms with E-state index in [9.17, 15) is 13.2 Å². The first-order valence-corrected chi connectivity index (χ1v) is 13.9. The summed E-state index contributed by atoms with van der Waals surface area (Å²) < 4.78 is 44.4. The maximum absolute atomic E-state index is 13.6. The van der Waals surface area contributed by atoms with Crippen molar-refractivity contribution in [2.45, 2.75) is 18.0 Å². The number of carbonyl (C=O) groups excluding carboxylic acids is 1. The third-order valence-electron chi connectivity index (χ3n) is 6.78. The van der Waals surface area contributed by atoms with Crippen LogP contribution in [0.25, 0.3) is 0 Å². The molecule has 10 heteroatoms. The van der Waals surface area contributed by atoms with Crippen LogP contribution >= 0.6 is 0 Å². The second-order valence-electron chi connectivity index (χ2n) is 9.28. The van der Waals surface area contributed by atoms with Gasteiger partial charge in [0, 0.05) is 39.3 Å². The van der Waals surface area contributed by atoms with Crippen molar-refractivity contribution < 1.29 is 27.4 Å². The van der Waals surface area contributed by atoms with Gasteiger partial charge in [-0.1, -0.05) is 36.4 Å². The molecule has 9 nitrogen and oxygen atoms in total. The molecular formula is C28H31N3O6S. The van der Waals surface area contributed by atoms with Crippen molar-refractivity contribution in [1.82, 2.24) is 14.1 Å². The molecule has 38 heavy (non-hydrogen) atoms. The molecule has 0 N–H and O–H groups in total. The Labute approximate surface area is 223 Å². The van der Waals surface area contributed by atoms with Crippen LogP contribution in [-0.4, -0.2) is 75.1 Å². The maximum Gasteiger partial charge on any atom is 0.243 e. The summed E-state index contributed by atoms with van der Waals surface area (Å²) in [6, 6.07) is 21.5. The van der Waals surface area contributed by atoms with Crippen LogP contribution in [0.2, 0.25) is 0 Å². The predicted octanol–water partition coefficient (Wildman–Crippen LogP) is 2.96. The fraction of sp³-hybridized carbons (Fsp3) is 0.321. The van der Waals surface area contributed by atoms with Gasteiger partial charge < -0.3 is 19.1 Å². The highest BCUT2D eigenvalue weighted by Crippen LogP contribution is 2.33. The molecule has 5 rings (SSSR count). The molecule has 0 aromatic heterocycles. The minimum absolute atomic E-state index is 0.102. The summed E-state index contributed by atoms with van der Waals surface area (Å²) in [6.07, 6.45) is 0. The average Bonchev–Trinajstić information content (AvgIpc) is 3.42. The standard InChI is InChI=1S/C28H31N3O6S/c1-35-24-8-10-25(11-9-24)38(33,34)31(19-22-5-3-2-4-6-22)20-28(32)30-15-13-29(14-16-30)18-23-7-12-26-27(17-23)37-21-36-26/h2-12,17H,13-16,18-21H2,1H3. The second-order valence-corrected chi connectivity index (χ2v) is 11.2. The van der Waals surface area contributed by atoms with Gasteiger partial charge in [-0.05, 0) is 47.5 Å². The topological polar surface area (TPSA) is 88.6 Å². The lowest BCUT2D eigenvalue weighted by atomic mass is 10.1. The highest BCUT2D eigenvalue weighted by atomic mass is 32.2. The summed E-state index contributed by atoms with van der Waals surface area (Å²) in [7, 11) is -2.39. The highest BCUT2D eigenvalue weighted by molar-refractivity contribution is 7.89. The molecule has 1 fully saturated rings. The van der Waals surface area contributed by atoms with E-state index in [1.165, 1.54) is 23.5 Å². The van der Waals surface area contributed by atoms with Gasteiger partial charge in [-0.25, -0.2) is 8.42 Å². The molecule has 2 aliphatic rings. The van der Waals surface area contributed by atoms with Gasteiger partial charge in [0.1, 0.15) is 5.75 Å². The number of hydrogen-bond acceptors (Lipinski definition) is 7. The van der Waals surface area contributed by atoms with Crippen molar-refractivity contribution >= 4 is 15.9 Å². The number of ether oxygens (including phenoxy) is 3. The quantitative estimate of drug-likeness (QED) is 0.415. The molecule has 0 unspecified atom stereocenters. The first kappa shape index (κ1) is 26.0. The van der Waals surface area contributed by atoms with Crippen LogP contribution in [0, 0.1) is 0 Å². The van der Waals surface area contributed by atoms with Crippen LogP contribution in [0.3, 0.4) is 0 Å². The van der Waals surface area contributed by atoms with Crippen molar-refractivity contribution in [2.75, 3.05) is 46.6 Å². The number of hydrogen-bond donors (Lipinski definition) is 0. The van der Waals surface area contributed by atoms with Gasteiger partial charge in [-0.2, -0.15) is 4.31 Å². The molecule has 1 amide bonds. The Morgan fingerprint density at radius 3 is 2.32 bits per heavy atom. The van der Waals surface area contributed by atoms with E-state index >= 15 is 0 Å². The van der Waals surface area contributed by atoms with Crippen LogP contribution in [-0.2, 0) is 27.9 Å². The molecule has 1 saturated heterocycles. The Hall–Kier alpha value is -3.60. The summed E-state index contributed by atoms with van der Waals surface area (Å²) in [5.41, 5.74) is 1.93. The van der Waals surface area contributed by atoms with Gasteiger partial charge in [0.2, 0.25) is 22.7 Å². The number of benzene rings is 3. The van der Waals surface area contributed by atoms with E-state index in [-0.39, 0.29) is 30.7 Å². The smallest absolute Gasteiger partial charge is 0.243 e. The third kappa shape index (κ3) is 5.93. The monoisotopic (exact) mass is 537 g/mol. The number of rotatable bonds is 9. The van der Waals surface area contributed by atoms with Crippen LogP contribution in [0.1, 0.15) is 11.1 Å². The largest absolute Gasteiger partial charge is 0.497 e. The number of nitrogens with zero attached hydrogens (tertiary/aromatic N) is 3. The van der Waals surface area contributed by atoms with E-state index in [1.807, 2.05) is 48.5 Å². The summed E-state index contributed by atoms with van der Waals surface area (Å²) in [4.78, 5) is 17.5. The van der Waals surface area contributed by atoms with E-state index in [0.29, 0.717) is 31.9 Å². The molecule has 0 bridgehead atoms. The number of piperazine rings is 1. The van der Waals surface area contributed by atoms with Crippen LogP contribution < -0.4 is 14.2 Å². The molecule has 3 aromatic rings. The lowest BCUT2D eigenvalue weighted by molar-refractivity contribution is -0.133. The van der Waals surface area contributed by atoms with E-state index in [1.54, 1.807) is 17.0 Å². The summed E-state index contributed by atoms with van der Waals surface area (Å²) >= 11 is 0. The van der Waals surface area contributed by atoms with Crippen molar-refractivity contribution in [1.29, 1.82) is 0 Å². The Morgan fingerprint density at radius 1 is 0.895 bits per heavy atom. The summed E-state index contributed by atoms with van der Waals surface area (Å²) in [6.45, 7) is 3.32. The number of carbonyl (C=O) groups is 1. The number of fused-ring (bicyclic) bond motifs is 1. The lowest BCUT2D eigenvalue weighted by Crippen LogP contribution is -2.51. The minimum atomic E-state index is -3.92. The molecule has 0 atom stereocenters. The SMILES string of the molecule is COc1ccc(S(=O)(=O)N(CC(=O)N2CCN(Cc3ccc4c(c3)OCO4)CC2)Cc2ccccc2)cc1. The van der Waals surface area contributed by atoms with Crippen LogP contribution in [0.5, 0.6) is 17.2 Å². The first-order chi connectivity index (χ1) is 18.4. The van der Waals surface area contributed by atoms with Crippen molar-refractivity contribution in [3.63, 3.8) is 0 Å². The van der Waals surface area contributed by atoms with E-state index in [2.05, 4.69) is 4.90 Å². The Balaban J connectivity index is 1.24. The lowest BCUT2D eigenvalue weighted by Gasteiger charge is -2.35. The number of methoxy groups -OCH3 is 1.